The number of ether oxygens (including phenoxy) is 1. The van der Waals surface area contributed by atoms with Gasteiger partial charge < -0.3 is 4.74 Å². The highest BCUT2D eigenvalue weighted by molar-refractivity contribution is 7.89. The van der Waals surface area contributed by atoms with Gasteiger partial charge in [-0.1, -0.05) is 6.07 Å². The minimum Gasteiger partial charge on any atom is -0.377 e. The van der Waals surface area contributed by atoms with Gasteiger partial charge in [-0.15, -0.1) is 11.3 Å². The van der Waals surface area contributed by atoms with Crippen LogP contribution in [0.5, 0.6) is 0 Å². The molecule has 4 nitrogen and oxygen atoms in total. The minimum atomic E-state index is -3.69. The van der Waals surface area contributed by atoms with E-state index >= 15 is 0 Å². The van der Waals surface area contributed by atoms with Crippen LogP contribution in [0.2, 0.25) is 0 Å². The third kappa shape index (κ3) is 3.98. The predicted molar refractivity (Wildman–Crippen MR) is 87.3 cm³/mol. The molecule has 0 saturated carbocycles. The van der Waals surface area contributed by atoms with E-state index in [-0.39, 0.29) is 11.0 Å². The van der Waals surface area contributed by atoms with Crippen LogP contribution in [-0.2, 0) is 21.3 Å². The summed E-state index contributed by atoms with van der Waals surface area (Å²) in [5, 5.41) is 1.92. The average Bonchev–Trinajstić information content (AvgIpc) is 3.20. The highest BCUT2D eigenvalue weighted by Gasteiger charge is 2.29. The van der Waals surface area contributed by atoms with Crippen LogP contribution < -0.4 is 0 Å². The van der Waals surface area contributed by atoms with Gasteiger partial charge in [0.2, 0.25) is 10.0 Å². The van der Waals surface area contributed by atoms with Crippen molar-refractivity contribution in [2.75, 3.05) is 13.2 Å². The molecule has 0 aliphatic carbocycles. The SMILES string of the molecule is O=S(=O)(c1ccc(F)cc1)N(Cc1cccs1)C[C@H]1CCCO1. The Morgan fingerprint density at radius 1 is 1.26 bits per heavy atom. The van der Waals surface area contributed by atoms with Crippen LogP contribution in [0.1, 0.15) is 17.7 Å². The summed E-state index contributed by atoms with van der Waals surface area (Å²) < 4.78 is 45.9. The fourth-order valence-electron chi connectivity index (χ4n) is 2.60. The van der Waals surface area contributed by atoms with E-state index in [2.05, 4.69) is 0 Å². The lowest BCUT2D eigenvalue weighted by atomic mass is 10.2. The highest BCUT2D eigenvalue weighted by atomic mass is 32.2. The first-order valence-corrected chi connectivity index (χ1v) is 9.77. The molecule has 1 aromatic heterocycles. The fraction of sp³-hybridized carbons (Fsp3) is 0.375. The maximum Gasteiger partial charge on any atom is 0.243 e. The molecule has 1 aliphatic heterocycles. The molecule has 0 radical (unpaired) electrons. The van der Waals surface area contributed by atoms with Gasteiger partial charge in [0.25, 0.3) is 0 Å². The van der Waals surface area contributed by atoms with E-state index in [1.54, 1.807) is 0 Å². The van der Waals surface area contributed by atoms with Gasteiger partial charge in [0.15, 0.2) is 0 Å². The van der Waals surface area contributed by atoms with Crippen molar-refractivity contribution in [1.29, 1.82) is 0 Å². The number of sulfonamides is 1. The molecule has 1 aliphatic rings. The lowest BCUT2D eigenvalue weighted by Crippen LogP contribution is -2.36. The van der Waals surface area contributed by atoms with E-state index in [9.17, 15) is 12.8 Å². The molecule has 7 heteroatoms. The highest BCUT2D eigenvalue weighted by Crippen LogP contribution is 2.23. The van der Waals surface area contributed by atoms with Gasteiger partial charge in [-0.3, -0.25) is 0 Å². The average molecular weight is 355 g/mol. The normalized spacial score (nSPS) is 18.6. The second-order valence-corrected chi connectivity index (χ2v) is 8.44. The maximum absolute atomic E-state index is 13.1. The number of thiophene rings is 1. The molecule has 1 fully saturated rings. The minimum absolute atomic E-state index is 0.0785. The van der Waals surface area contributed by atoms with E-state index < -0.39 is 15.8 Å². The number of rotatable bonds is 6. The molecular formula is C16H18FNO3S2. The van der Waals surface area contributed by atoms with Crippen molar-refractivity contribution >= 4 is 21.4 Å². The zero-order valence-electron chi connectivity index (χ0n) is 12.5. The molecule has 23 heavy (non-hydrogen) atoms. The topological polar surface area (TPSA) is 46.6 Å². The van der Waals surface area contributed by atoms with E-state index in [4.69, 9.17) is 4.74 Å². The largest absolute Gasteiger partial charge is 0.377 e. The smallest absolute Gasteiger partial charge is 0.243 e. The van der Waals surface area contributed by atoms with Crippen LogP contribution in [0.4, 0.5) is 4.39 Å². The summed E-state index contributed by atoms with van der Waals surface area (Å²) >= 11 is 1.52. The van der Waals surface area contributed by atoms with Crippen LogP contribution in [-0.4, -0.2) is 32.0 Å². The molecule has 0 unspecified atom stereocenters. The Labute approximate surface area is 139 Å². The van der Waals surface area contributed by atoms with E-state index in [0.29, 0.717) is 19.7 Å². The molecular weight excluding hydrogens is 337 g/mol. The predicted octanol–water partition coefficient (Wildman–Crippen LogP) is 3.26. The number of nitrogens with zero attached hydrogens (tertiary/aromatic N) is 1. The fourth-order valence-corrected chi connectivity index (χ4v) is 4.85. The Morgan fingerprint density at radius 3 is 2.65 bits per heavy atom. The van der Waals surface area contributed by atoms with Crippen LogP contribution in [0, 0.1) is 5.82 Å². The lowest BCUT2D eigenvalue weighted by molar-refractivity contribution is 0.0927. The Hall–Kier alpha value is -1.28. The summed E-state index contributed by atoms with van der Waals surface area (Å²) in [5.41, 5.74) is 0. The Kier molecular flexibility index (Phi) is 5.11. The first kappa shape index (κ1) is 16.6. The van der Waals surface area contributed by atoms with E-state index in [1.807, 2.05) is 17.5 Å². The molecule has 0 amide bonds. The molecule has 1 aromatic carbocycles. The van der Waals surface area contributed by atoms with Crippen molar-refractivity contribution in [3.05, 3.63) is 52.5 Å². The molecule has 1 atom stereocenters. The zero-order chi connectivity index (χ0) is 16.3. The van der Waals surface area contributed by atoms with Crippen molar-refractivity contribution in [1.82, 2.24) is 4.31 Å². The van der Waals surface area contributed by atoms with Gasteiger partial charge in [0.1, 0.15) is 5.82 Å². The Bertz CT molecular complexity index is 723. The van der Waals surface area contributed by atoms with Crippen LogP contribution in [0.15, 0.2) is 46.7 Å². The molecule has 2 aromatic rings. The third-order valence-electron chi connectivity index (χ3n) is 3.79. The van der Waals surface area contributed by atoms with E-state index in [0.717, 1.165) is 17.7 Å². The van der Waals surface area contributed by atoms with Crippen molar-refractivity contribution in [2.45, 2.75) is 30.4 Å². The maximum atomic E-state index is 13.1. The number of halogens is 1. The third-order valence-corrected chi connectivity index (χ3v) is 6.48. The molecule has 0 N–H and O–H groups in total. The van der Waals surface area contributed by atoms with Gasteiger partial charge in [-0.25, -0.2) is 12.8 Å². The summed E-state index contributed by atoms with van der Waals surface area (Å²) in [4.78, 5) is 1.07. The Morgan fingerprint density at radius 2 is 2.04 bits per heavy atom. The molecule has 2 heterocycles. The summed E-state index contributed by atoms with van der Waals surface area (Å²) in [7, 11) is -3.69. The van der Waals surface area contributed by atoms with Crippen molar-refractivity contribution in [3.8, 4) is 0 Å². The van der Waals surface area contributed by atoms with Gasteiger partial charge in [-0.05, 0) is 48.6 Å². The molecule has 0 spiro atoms. The van der Waals surface area contributed by atoms with E-state index in [1.165, 1.54) is 39.9 Å². The first-order chi connectivity index (χ1) is 11.1. The summed E-state index contributed by atoms with van der Waals surface area (Å²) in [5.74, 6) is -0.451. The number of hydrogen-bond donors (Lipinski definition) is 0. The van der Waals surface area contributed by atoms with Crippen LogP contribution in [0.25, 0.3) is 0 Å². The second-order valence-electron chi connectivity index (χ2n) is 5.47. The monoisotopic (exact) mass is 355 g/mol. The second kappa shape index (κ2) is 7.09. The van der Waals surface area contributed by atoms with Crippen molar-refractivity contribution < 1.29 is 17.5 Å². The quantitative estimate of drug-likeness (QED) is 0.799. The van der Waals surface area contributed by atoms with Crippen molar-refractivity contribution in [2.24, 2.45) is 0 Å². The number of benzene rings is 1. The van der Waals surface area contributed by atoms with Gasteiger partial charge in [0.05, 0.1) is 11.0 Å². The van der Waals surface area contributed by atoms with Gasteiger partial charge >= 0.3 is 0 Å². The molecule has 1 saturated heterocycles. The van der Waals surface area contributed by atoms with Gasteiger partial charge in [0, 0.05) is 24.6 Å². The summed E-state index contributed by atoms with van der Waals surface area (Å²) in [6, 6.07) is 8.76. The first-order valence-electron chi connectivity index (χ1n) is 7.45. The van der Waals surface area contributed by atoms with Crippen LogP contribution >= 0.6 is 11.3 Å². The summed E-state index contributed by atoms with van der Waals surface area (Å²) in [6.45, 7) is 1.29. The molecule has 3 rings (SSSR count). The Balaban J connectivity index is 1.87. The summed E-state index contributed by atoms with van der Waals surface area (Å²) in [6.07, 6.45) is 1.73. The molecule has 124 valence electrons. The standard InChI is InChI=1S/C16H18FNO3S2/c17-13-5-7-16(8-6-13)23(19,20)18(11-14-3-1-9-21-14)12-15-4-2-10-22-15/h2,4-8,10,14H,1,3,9,11-12H2/t14-/m1/s1. The van der Waals surface area contributed by atoms with Gasteiger partial charge in [-0.2, -0.15) is 4.31 Å². The lowest BCUT2D eigenvalue weighted by Gasteiger charge is -2.24. The van der Waals surface area contributed by atoms with Crippen molar-refractivity contribution in [3.63, 3.8) is 0 Å². The van der Waals surface area contributed by atoms with Crippen LogP contribution in [0.3, 0.4) is 0 Å². The zero-order valence-corrected chi connectivity index (χ0v) is 14.2. The number of hydrogen-bond acceptors (Lipinski definition) is 4. The molecule has 0 bridgehead atoms.